The van der Waals surface area contributed by atoms with Crippen LogP contribution >= 0.6 is 0 Å². The predicted molar refractivity (Wildman–Crippen MR) is 139 cm³/mol. The quantitative estimate of drug-likeness (QED) is 0.358. The third-order valence-electron chi connectivity index (χ3n) is 7.24. The minimum absolute atomic E-state index is 0.0127. The first-order valence-electron chi connectivity index (χ1n) is 13.3. The Kier molecular flexibility index (Phi) is 9.28. The average Bonchev–Trinajstić information content (AvgIpc) is 2.93. The van der Waals surface area contributed by atoms with Gasteiger partial charge in [-0.1, -0.05) is 36.4 Å². The minimum atomic E-state index is -4.66. The SMILES string of the molecule is NCCCC[C@H]1C(=O)N(Cc2ccccc2)C[C@@H]2N(C(=O)NCc3cc(CF)cc(C(F)(F)F)c3)CCC(=O)N21. The second kappa shape index (κ2) is 12.7. The molecule has 2 aromatic rings. The summed E-state index contributed by atoms with van der Waals surface area (Å²) < 4.78 is 53.0. The Balaban J connectivity index is 1.55. The monoisotopic (exact) mass is 563 g/mol. The van der Waals surface area contributed by atoms with E-state index >= 15 is 0 Å². The van der Waals surface area contributed by atoms with Gasteiger partial charge in [0.1, 0.15) is 18.9 Å². The summed E-state index contributed by atoms with van der Waals surface area (Å²) in [5.74, 6) is -0.430. The summed E-state index contributed by atoms with van der Waals surface area (Å²) in [5.41, 5.74) is 5.50. The number of piperazine rings is 1. The molecule has 2 atom stereocenters. The zero-order valence-electron chi connectivity index (χ0n) is 22.0. The van der Waals surface area contributed by atoms with E-state index in [0.29, 0.717) is 32.4 Å². The number of hydrogen-bond acceptors (Lipinski definition) is 4. The smallest absolute Gasteiger partial charge is 0.334 e. The normalized spacial score (nSPS) is 19.6. The second-order valence-electron chi connectivity index (χ2n) is 10.1. The Morgan fingerprint density at radius 1 is 1.02 bits per heavy atom. The van der Waals surface area contributed by atoms with Gasteiger partial charge in [0.15, 0.2) is 0 Å². The molecule has 0 aliphatic carbocycles. The molecule has 2 aliphatic heterocycles. The number of halogens is 4. The number of fused-ring (bicyclic) bond motifs is 1. The van der Waals surface area contributed by atoms with Gasteiger partial charge in [0, 0.05) is 26.1 Å². The fraction of sp³-hybridized carbons (Fsp3) is 0.464. The van der Waals surface area contributed by atoms with Gasteiger partial charge in [-0.3, -0.25) is 9.59 Å². The van der Waals surface area contributed by atoms with Crippen LogP contribution < -0.4 is 11.1 Å². The number of rotatable bonds is 9. The molecular formula is C28H33F4N5O3. The van der Waals surface area contributed by atoms with Crippen molar-refractivity contribution >= 4 is 17.8 Å². The highest BCUT2D eigenvalue weighted by atomic mass is 19.4. The maximum atomic E-state index is 13.5. The molecule has 0 saturated carbocycles. The molecule has 0 unspecified atom stereocenters. The number of unbranched alkanes of at least 4 members (excludes halogenated alkanes) is 1. The van der Waals surface area contributed by atoms with Gasteiger partial charge in [-0.2, -0.15) is 13.2 Å². The molecule has 2 aliphatic rings. The number of nitrogens with one attached hydrogen (secondary N) is 1. The number of nitrogens with zero attached hydrogens (tertiary/aromatic N) is 3. The zero-order chi connectivity index (χ0) is 28.9. The lowest BCUT2D eigenvalue weighted by Crippen LogP contribution is -2.71. The van der Waals surface area contributed by atoms with Crippen molar-refractivity contribution in [2.24, 2.45) is 5.73 Å². The molecule has 2 fully saturated rings. The largest absolute Gasteiger partial charge is 0.416 e. The maximum absolute atomic E-state index is 13.5. The summed E-state index contributed by atoms with van der Waals surface area (Å²) in [6, 6.07) is 10.9. The highest BCUT2D eigenvalue weighted by Gasteiger charge is 2.48. The molecule has 216 valence electrons. The van der Waals surface area contributed by atoms with Crippen LogP contribution in [0.15, 0.2) is 48.5 Å². The molecule has 4 rings (SSSR count). The number of nitrogens with two attached hydrogens (primary N) is 1. The number of carbonyl (C=O) groups excluding carboxylic acids is 3. The topological polar surface area (TPSA) is 99.0 Å². The summed E-state index contributed by atoms with van der Waals surface area (Å²) in [6.07, 6.45) is -3.69. The molecule has 2 aromatic carbocycles. The van der Waals surface area contributed by atoms with Crippen molar-refractivity contribution < 1.29 is 31.9 Å². The molecule has 40 heavy (non-hydrogen) atoms. The lowest BCUT2D eigenvalue weighted by molar-refractivity contribution is -0.167. The van der Waals surface area contributed by atoms with Crippen molar-refractivity contribution in [3.63, 3.8) is 0 Å². The van der Waals surface area contributed by atoms with Crippen LogP contribution in [0, 0.1) is 0 Å². The summed E-state index contributed by atoms with van der Waals surface area (Å²) in [7, 11) is 0. The molecule has 12 heteroatoms. The Morgan fingerprint density at radius 2 is 1.75 bits per heavy atom. The third kappa shape index (κ3) is 6.72. The lowest BCUT2D eigenvalue weighted by atomic mass is 9.98. The zero-order valence-corrected chi connectivity index (χ0v) is 22.0. The van der Waals surface area contributed by atoms with E-state index in [1.54, 1.807) is 4.90 Å². The standard InChI is InChI=1S/C28H33F4N5O3/c29-15-20-12-21(14-22(13-20)28(30,31)32)16-34-27(40)36-11-9-25(38)37-23(8-4-5-10-33)26(39)35(18-24(36)37)17-19-6-2-1-3-7-19/h1-3,6-7,12-14,23-24H,4-5,8-11,15-18,33H2,(H,34,40)/t23-,24+/m0/s1. The summed E-state index contributed by atoms with van der Waals surface area (Å²) in [6.45, 7) is -0.410. The molecule has 3 N–H and O–H groups in total. The molecular weight excluding hydrogens is 530 g/mol. The molecule has 2 heterocycles. The number of hydrogen-bond donors (Lipinski definition) is 2. The number of urea groups is 1. The molecule has 0 bridgehead atoms. The Morgan fingerprint density at radius 3 is 2.42 bits per heavy atom. The van der Waals surface area contributed by atoms with Crippen molar-refractivity contribution in [1.29, 1.82) is 0 Å². The van der Waals surface area contributed by atoms with Crippen LogP contribution in [0.1, 0.15) is 47.9 Å². The predicted octanol–water partition coefficient (Wildman–Crippen LogP) is 3.78. The van der Waals surface area contributed by atoms with E-state index in [1.165, 1.54) is 15.9 Å². The van der Waals surface area contributed by atoms with Gasteiger partial charge < -0.3 is 25.8 Å². The average molecular weight is 564 g/mol. The van der Waals surface area contributed by atoms with E-state index in [9.17, 15) is 31.9 Å². The van der Waals surface area contributed by atoms with E-state index in [1.807, 2.05) is 30.3 Å². The van der Waals surface area contributed by atoms with Gasteiger partial charge >= 0.3 is 12.2 Å². The van der Waals surface area contributed by atoms with Gasteiger partial charge in [-0.15, -0.1) is 0 Å². The molecule has 0 aromatic heterocycles. The first-order chi connectivity index (χ1) is 19.1. The van der Waals surface area contributed by atoms with Crippen molar-refractivity contribution in [2.45, 2.75) is 63.8 Å². The van der Waals surface area contributed by atoms with Crippen molar-refractivity contribution in [1.82, 2.24) is 20.0 Å². The number of carbonyl (C=O) groups is 3. The van der Waals surface area contributed by atoms with Crippen LogP contribution in [0.25, 0.3) is 0 Å². The first kappa shape index (κ1) is 29.3. The highest BCUT2D eigenvalue weighted by molar-refractivity contribution is 5.91. The Bertz CT molecular complexity index is 1210. The molecule has 0 radical (unpaired) electrons. The van der Waals surface area contributed by atoms with Gasteiger partial charge in [0.05, 0.1) is 12.1 Å². The van der Waals surface area contributed by atoms with E-state index in [-0.39, 0.29) is 49.0 Å². The summed E-state index contributed by atoms with van der Waals surface area (Å²) >= 11 is 0. The first-order valence-corrected chi connectivity index (χ1v) is 13.3. The molecule has 4 amide bonds. The van der Waals surface area contributed by atoms with E-state index in [2.05, 4.69) is 5.32 Å². The minimum Gasteiger partial charge on any atom is -0.334 e. The Labute approximate surface area is 230 Å². The van der Waals surface area contributed by atoms with Crippen LogP contribution in [0.4, 0.5) is 22.4 Å². The fourth-order valence-corrected chi connectivity index (χ4v) is 5.31. The van der Waals surface area contributed by atoms with E-state index in [0.717, 1.165) is 17.7 Å². The van der Waals surface area contributed by atoms with Crippen molar-refractivity contribution in [2.75, 3.05) is 19.6 Å². The highest BCUT2D eigenvalue weighted by Crippen LogP contribution is 2.32. The second-order valence-corrected chi connectivity index (χ2v) is 10.1. The van der Waals surface area contributed by atoms with Crippen LogP contribution in [-0.4, -0.2) is 64.4 Å². The molecule has 2 saturated heterocycles. The summed E-state index contributed by atoms with van der Waals surface area (Å²) in [4.78, 5) is 44.5. The van der Waals surface area contributed by atoms with Gasteiger partial charge in [0.2, 0.25) is 11.8 Å². The number of alkyl halides is 4. The Hall–Kier alpha value is -3.67. The van der Waals surface area contributed by atoms with Crippen LogP contribution in [0.3, 0.4) is 0 Å². The van der Waals surface area contributed by atoms with E-state index in [4.69, 9.17) is 5.73 Å². The van der Waals surface area contributed by atoms with Gasteiger partial charge in [0.25, 0.3) is 0 Å². The molecule has 8 nitrogen and oxygen atoms in total. The van der Waals surface area contributed by atoms with Crippen molar-refractivity contribution in [3.8, 4) is 0 Å². The maximum Gasteiger partial charge on any atom is 0.416 e. The number of amides is 4. The number of benzene rings is 2. The van der Waals surface area contributed by atoms with Crippen molar-refractivity contribution in [3.05, 3.63) is 70.8 Å². The van der Waals surface area contributed by atoms with Gasteiger partial charge in [-0.05, 0) is 54.6 Å². The van der Waals surface area contributed by atoms with E-state index < -0.39 is 36.7 Å². The summed E-state index contributed by atoms with van der Waals surface area (Å²) in [5, 5.41) is 2.63. The lowest BCUT2D eigenvalue weighted by Gasteiger charge is -2.52. The van der Waals surface area contributed by atoms with Crippen LogP contribution in [0.5, 0.6) is 0 Å². The third-order valence-corrected chi connectivity index (χ3v) is 7.24. The van der Waals surface area contributed by atoms with Gasteiger partial charge in [-0.25, -0.2) is 9.18 Å². The van der Waals surface area contributed by atoms with Crippen LogP contribution in [-0.2, 0) is 35.5 Å². The molecule has 0 spiro atoms. The van der Waals surface area contributed by atoms with Crippen LogP contribution in [0.2, 0.25) is 0 Å². The fourth-order valence-electron chi connectivity index (χ4n) is 5.31.